The molecule has 110 valence electrons. The van der Waals surface area contributed by atoms with Gasteiger partial charge in [-0.25, -0.2) is 0 Å². The van der Waals surface area contributed by atoms with Gasteiger partial charge in [0.25, 0.3) is 11.6 Å². The zero-order valence-corrected chi connectivity index (χ0v) is 11.6. The Bertz CT molecular complexity index is 695. The van der Waals surface area contributed by atoms with E-state index in [-0.39, 0.29) is 29.4 Å². The highest BCUT2D eigenvalue weighted by Crippen LogP contribution is 2.23. The van der Waals surface area contributed by atoms with E-state index in [0.29, 0.717) is 11.5 Å². The third kappa shape index (κ3) is 3.16. The van der Waals surface area contributed by atoms with E-state index in [1.54, 1.807) is 20.0 Å². The van der Waals surface area contributed by atoms with Gasteiger partial charge in [-0.3, -0.25) is 14.9 Å². The van der Waals surface area contributed by atoms with E-state index in [1.807, 2.05) is 0 Å². The number of hydrogen-bond acceptors (Lipinski definition) is 6. The summed E-state index contributed by atoms with van der Waals surface area (Å²) in [6.45, 7) is 2.00. The highest BCUT2D eigenvalue weighted by Gasteiger charge is 2.19. The second-order valence-electron chi connectivity index (χ2n) is 4.62. The van der Waals surface area contributed by atoms with Gasteiger partial charge in [0.2, 0.25) is 0 Å². The van der Waals surface area contributed by atoms with Crippen LogP contribution in [0.25, 0.3) is 0 Å². The Morgan fingerprint density at radius 3 is 2.76 bits per heavy atom. The molecule has 0 atom stereocenters. The van der Waals surface area contributed by atoms with Gasteiger partial charge in [0.1, 0.15) is 17.1 Å². The molecule has 0 saturated carbocycles. The summed E-state index contributed by atoms with van der Waals surface area (Å²) >= 11 is 0. The number of carbonyl (C=O) groups excluding carboxylic acids is 1. The largest absolute Gasteiger partial charge is 0.393 e. The van der Waals surface area contributed by atoms with Crippen molar-refractivity contribution in [1.82, 2.24) is 10.1 Å². The summed E-state index contributed by atoms with van der Waals surface area (Å²) in [5.41, 5.74) is 6.04. The first-order valence-corrected chi connectivity index (χ1v) is 6.10. The van der Waals surface area contributed by atoms with Crippen LogP contribution in [0.4, 0.5) is 11.4 Å². The maximum Gasteiger partial charge on any atom is 0.292 e. The Morgan fingerprint density at radius 2 is 2.19 bits per heavy atom. The van der Waals surface area contributed by atoms with Crippen LogP contribution >= 0.6 is 0 Å². The van der Waals surface area contributed by atoms with Gasteiger partial charge in [-0.1, -0.05) is 5.16 Å². The van der Waals surface area contributed by atoms with Crippen LogP contribution in [0.5, 0.6) is 0 Å². The number of hydrogen-bond donors (Lipinski definition) is 1. The molecule has 1 heterocycles. The fraction of sp³-hybridized carbons (Fsp3) is 0.231. The van der Waals surface area contributed by atoms with E-state index in [2.05, 4.69) is 5.16 Å². The van der Waals surface area contributed by atoms with Gasteiger partial charge in [0, 0.05) is 24.7 Å². The molecular weight excluding hydrogens is 276 g/mol. The van der Waals surface area contributed by atoms with Crippen LogP contribution in [0.1, 0.15) is 21.8 Å². The molecule has 8 nitrogen and oxygen atoms in total. The van der Waals surface area contributed by atoms with Crippen molar-refractivity contribution in [3.8, 4) is 0 Å². The standard InChI is InChI=1S/C13H14N4O4/c1-8-5-10(15-21-8)7-16(2)13(18)9-3-4-11(14)12(6-9)17(19)20/h3-6H,7,14H2,1-2H3. The predicted molar refractivity (Wildman–Crippen MR) is 74.5 cm³/mol. The van der Waals surface area contributed by atoms with Crippen molar-refractivity contribution in [2.45, 2.75) is 13.5 Å². The summed E-state index contributed by atoms with van der Waals surface area (Å²) < 4.78 is 4.92. The topological polar surface area (TPSA) is 116 Å². The molecule has 0 aliphatic heterocycles. The molecule has 1 aromatic carbocycles. The summed E-state index contributed by atoms with van der Waals surface area (Å²) in [7, 11) is 1.58. The Balaban J connectivity index is 2.19. The van der Waals surface area contributed by atoms with Crippen molar-refractivity contribution in [2.24, 2.45) is 0 Å². The van der Waals surface area contributed by atoms with Gasteiger partial charge in [-0.2, -0.15) is 0 Å². The number of carbonyl (C=O) groups is 1. The molecular formula is C13H14N4O4. The molecule has 0 radical (unpaired) electrons. The number of amides is 1. The number of rotatable bonds is 4. The minimum atomic E-state index is -0.618. The second-order valence-corrected chi connectivity index (χ2v) is 4.62. The average molecular weight is 290 g/mol. The van der Waals surface area contributed by atoms with Crippen molar-refractivity contribution in [3.63, 3.8) is 0 Å². The first-order chi connectivity index (χ1) is 9.88. The molecule has 2 N–H and O–H groups in total. The van der Waals surface area contributed by atoms with Crippen molar-refractivity contribution >= 4 is 17.3 Å². The fourth-order valence-corrected chi connectivity index (χ4v) is 1.86. The van der Waals surface area contributed by atoms with Gasteiger partial charge in [-0.05, 0) is 19.1 Å². The van der Waals surface area contributed by atoms with E-state index in [4.69, 9.17) is 10.3 Å². The lowest BCUT2D eigenvalue weighted by Crippen LogP contribution is -2.26. The van der Waals surface area contributed by atoms with E-state index in [1.165, 1.54) is 23.1 Å². The number of nitrogen functional groups attached to an aromatic ring is 1. The van der Waals surface area contributed by atoms with Crippen LogP contribution in [0.15, 0.2) is 28.8 Å². The third-order valence-electron chi connectivity index (χ3n) is 2.90. The van der Waals surface area contributed by atoms with E-state index in [0.717, 1.165) is 0 Å². The van der Waals surface area contributed by atoms with Gasteiger partial charge < -0.3 is 15.2 Å². The average Bonchev–Trinajstić information content (AvgIpc) is 2.83. The number of nitrogens with zero attached hydrogens (tertiary/aromatic N) is 3. The predicted octanol–water partition coefficient (Wildman–Crippen LogP) is 1.75. The Kier molecular flexibility index (Phi) is 3.88. The summed E-state index contributed by atoms with van der Waals surface area (Å²) in [5.74, 6) is 0.285. The van der Waals surface area contributed by atoms with E-state index >= 15 is 0 Å². The molecule has 0 bridgehead atoms. The number of nitro groups is 1. The Hall–Kier alpha value is -2.90. The van der Waals surface area contributed by atoms with Gasteiger partial charge in [-0.15, -0.1) is 0 Å². The minimum absolute atomic E-state index is 0.0197. The molecule has 0 aliphatic rings. The SMILES string of the molecule is Cc1cc(CN(C)C(=O)c2ccc(N)c([N+](=O)[O-])c2)no1. The number of nitro benzene ring substituents is 1. The minimum Gasteiger partial charge on any atom is -0.393 e. The summed E-state index contributed by atoms with van der Waals surface area (Å²) in [6, 6.07) is 5.69. The molecule has 0 saturated heterocycles. The number of aryl methyl sites for hydroxylation is 1. The molecule has 1 aromatic heterocycles. The van der Waals surface area contributed by atoms with Crippen molar-refractivity contribution in [1.29, 1.82) is 0 Å². The van der Waals surface area contributed by atoms with Gasteiger partial charge in [0.15, 0.2) is 0 Å². The third-order valence-corrected chi connectivity index (χ3v) is 2.90. The first kappa shape index (κ1) is 14.5. The van der Waals surface area contributed by atoms with Crippen molar-refractivity contribution in [2.75, 3.05) is 12.8 Å². The summed E-state index contributed by atoms with van der Waals surface area (Å²) in [6.07, 6.45) is 0. The maximum atomic E-state index is 12.2. The van der Waals surface area contributed by atoms with Crippen LogP contribution in [0, 0.1) is 17.0 Å². The molecule has 0 aliphatic carbocycles. The van der Waals surface area contributed by atoms with Crippen LogP contribution in [0.3, 0.4) is 0 Å². The molecule has 2 rings (SSSR count). The van der Waals surface area contributed by atoms with Crippen LogP contribution in [-0.2, 0) is 6.54 Å². The number of nitrogens with two attached hydrogens (primary N) is 1. The van der Waals surface area contributed by atoms with Crippen LogP contribution in [-0.4, -0.2) is 27.9 Å². The zero-order valence-electron chi connectivity index (χ0n) is 11.6. The highest BCUT2D eigenvalue weighted by molar-refractivity contribution is 5.95. The number of aromatic nitrogens is 1. The lowest BCUT2D eigenvalue weighted by Gasteiger charge is -2.15. The summed E-state index contributed by atoms with van der Waals surface area (Å²) in [4.78, 5) is 23.9. The summed E-state index contributed by atoms with van der Waals surface area (Å²) in [5, 5.41) is 14.6. The second kappa shape index (κ2) is 5.61. The highest BCUT2D eigenvalue weighted by atomic mass is 16.6. The lowest BCUT2D eigenvalue weighted by atomic mass is 10.1. The quantitative estimate of drug-likeness (QED) is 0.521. The number of anilines is 1. The molecule has 2 aromatic rings. The van der Waals surface area contributed by atoms with E-state index in [9.17, 15) is 14.9 Å². The van der Waals surface area contributed by atoms with E-state index < -0.39 is 4.92 Å². The molecule has 0 spiro atoms. The Morgan fingerprint density at radius 1 is 1.48 bits per heavy atom. The molecule has 21 heavy (non-hydrogen) atoms. The monoisotopic (exact) mass is 290 g/mol. The molecule has 0 fully saturated rings. The van der Waals surface area contributed by atoms with Crippen molar-refractivity contribution in [3.05, 3.63) is 51.4 Å². The maximum absolute atomic E-state index is 12.2. The lowest BCUT2D eigenvalue weighted by molar-refractivity contribution is -0.383. The molecule has 1 amide bonds. The number of benzene rings is 1. The normalized spacial score (nSPS) is 10.4. The Labute approximate surface area is 120 Å². The first-order valence-electron chi connectivity index (χ1n) is 6.10. The van der Waals surface area contributed by atoms with Crippen LogP contribution in [0.2, 0.25) is 0 Å². The van der Waals surface area contributed by atoms with Crippen molar-refractivity contribution < 1.29 is 14.2 Å². The fourth-order valence-electron chi connectivity index (χ4n) is 1.86. The van der Waals surface area contributed by atoms with Gasteiger partial charge in [0.05, 0.1) is 11.5 Å². The van der Waals surface area contributed by atoms with Gasteiger partial charge >= 0.3 is 0 Å². The smallest absolute Gasteiger partial charge is 0.292 e. The zero-order chi connectivity index (χ0) is 15.6. The molecule has 8 heteroatoms. The molecule has 0 unspecified atom stereocenters. The van der Waals surface area contributed by atoms with Crippen LogP contribution < -0.4 is 5.73 Å².